The minimum atomic E-state index is -0.350. The van der Waals surface area contributed by atoms with Crippen LogP contribution in [0.4, 0.5) is 0 Å². The summed E-state index contributed by atoms with van der Waals surface area (Å²) in [6.07, 6.45) is 5.44. The van der Waals surface area contributed by atoms with E-state index in [1.54, 1.807) is 7.05 Å². The van der Waals surface area contributed by atoms with Crippen LogP contribution in [0.5, 0.6) is 0 Å². The van der Waals surface area contributed by atoms with E-state index in [1.165, 1.54) is 6.42 Å². The largest absolute Gasteiger partial charge is 0.437 e. The molecular formula is C13H26BN3O2. The van der Waals surface area contributed by atoms with Crippen molar-refractivity contribution in [2.75, 3.05) is 26.7 Å². The Morgan fingerprint density at radius 2 is 1.89 bits per heavy atom. The highest BCUT2D eigenvalue weighted by Gasteiger charge is 2.35. The van der Waals surface area contributed by atoms with Crippen molar-refractivity contribution in [1.29, 1.82) is 0 Å². The van der Waals surface area contributed by atoms with E-state index in [1.807, 2.05) is 6.82 Å². The second kappa shape index (κ2) is 6.73. The summed E-state index contributed by atoms with van der Waals surface area (Å²) in [5.41, 5.74) is 0. The Labute approximate surface area is 116 Å². The Morgan fingerprint density at radius 1 is 1.21 bits per heavy atom. The fourth-order valence-electron chi connectivity index (χ4n) is 3.43. The first-order valence-corrected chi connectivity index (χ1v) is 7.53. The molecule has 108 valence electrons. The SMILES string of the molecule is CNC(=O)[C@H]1CCCCN1C1CCN(B(C)O)CC1. The van der Waals surface area contributed by atoms with Gasteiger partial charge in [0, 0.05) is 13.1 Å². The maximum absolute atomic E-state index is 12.0. The number of carbonyl (C=O) groups excluding carboxylic acids is 1. The fourth-order valence-corrected chi connectivity index (χ4v) is 3.43. The van der Waals surface area contributed by atoms with E-state index >= 15 is 0 Å². The zero-order valence-corrected chi connectivity index (χ0v) is 12.1. The lowest BCUT2D eigenvalue weighted by Crippen LogP contribution is -2.56. The molecule has 0 aromatic heterocycles. The lowest BCUT2D eigenvalue weighted by Gasteiger charge is -2.44. The molecule has 0 saturated carbocycles. The molecule has 6 heteroatoms. The first-order valence-electron chi connectivity index (χ1n) is 7.53. The molecule has 2 heterocycles. The third-order valence-electron chi connectivity index (χ3n) is 4.59. The molecule has 0 radical (unpaired) electrons. The highest BCUT2D eigenvalue weighted by Crippen LogP contribution is 2.25. The van der Waals surface area contributed by atoms with Gasteiger partial charge in [-0.2, -0.15) is 0 Å². The van der Waals surface area contributed by atoms with E-state index in [9.17, 15) is 9.82 Å². The summed E-state index contributed by atoms with van der Waals surface area (Å²) in [6, 6.07) is 0.555. The summed E-state index contributed by atoms with van der Waals surface area (Å²) in [4.78, 5) is 16.5. The molecule has 19 heavy (non-hydrogen) atoms. The summed E-state index contributed by atoms with van der Waals surface area (Å²) < 4.78 is 0. The molecule has 1 amide bonds. The molecule has 0 unspecified atom stereocenters. The van der Waals surface area contributed by atoms with Gasteiger partial charge < -0.3 is 15.2 Å². The summed E-state index contributed by atoms with van der Waals surface area (Å²) in [6.45, 7) is 4.73. The molecule has 0 aromatic rings. The van der Waals surface area contributed by atoms with Crippen LogP contribution in [0.1, 0.15) is 32.1 Å². The zero-order valence-electron chi connectivity index (χ0n) is 12.1. The van der Waals surface area contributed by atoms with Gasteiger partial charge in [0.05, 0.1) is 6.04 Å². The number of rotatable bonds is 3. The summed E-state index contributed by atoms with van der Waals surface area (Å²) >= 11 is 0. The van der Waals surface area contributed by atoms with Gasteiger partial charge >= 0.3 is 7.05 Å². The molecule has 2 aliphatic rings. The van der Waals surface area contributed by atoms with Crippen molar-refractivity contribution in [3.8, 4) is 0 Å². The summed E-state index contributed by atoms with van der Waals surface area (Å²) in [7, 11) is 1.38. The third-order valence-corrected chi connectivity index (χ3v) is 4.59. The van der Waals surface area contributed by atoms with Crippen molar-refractivity contribution in [3.63, 3.8) is 0 Å². The Balaban J connectivity index is 1.94. The van der Waals surface area contributed by atoms with Crippen molar-refractivity contribution in [1.82, 2.24) is 15.0 Å². The predicted molar refractivity (Wildman–Crippen MR) is 76.8 cm³/mol. The average molecular weight is 267 g/mol. The molecule has 2 aliphatic heterocycles. The molecule has 0 aliphatic carbocycles. The van der Waals surface area contributed by atoms with Crippen LogP contribution >= 0.6 is 0 Å². The smallest absolute Gasteiger partial charge is 0.376 e. The van der Waals surface area contributed by atoms with Gasteiger partial charge in [0.25, 0.3) is 0 Å². The normalized spacial score (nSPS) is 27.2. The van der Waals surface area contributed by atoms with Crippen molar-refractivity contribution in [2.24, 2.45) is 0 Å². The minimum absolute atomic E-state index is 0.0573. The van der Waals surface area contributed by atoms with Crippen molar-refractivity contribution >= 4 is 13.0 Å². The molecule has 0 bridgehead atoms. The monoisotopic (exact) mass is 267 g/mol. The third kappa shape index (κ3) is 3.49. The van der Waals surface area contributed by atoms with E-state index in [0.717, 1.165) is 45.3 Å². The van der Waals surface area contributed by atoms with Crippen LogP contribution in [0, 0.1) is 0 Å². The Bertz CT molecular complexity index is 306. The number of likely N-dealkylation sites (tertiary alicyclic amines) is 1. The lowest BCUT2D eigenvalue weighted by molar-refractivity contribution is -0.128. The highest BCUT2D eigenvalue weighted by molar-refractivity contribution is 6.45. The maximum atomic E-state index is 12.0. The molecule has 1 atom stereocenters. The number of amides is 1. The first kappa shape index (κ1) is 14.8. The van der Waals surface area contributed by atoms with E-state index in [0.29, 0.717) is 6.04 Å². The second-order valence-electron chi connectivity index (χ2n) is 5.76. The quantitative estimate of drug-likeness (QED) is 0.715. The Morgan fingerprint density at radius 3 is 2.47 bits per heavy atom. The van der Waals surface area contributed by atoms with Crippen molar-refractivity contribution < 1.29 is 9.82 Å². The number of piperidine rings is 2. The maximum Gasteiger partial charge on any atom is 0.376 e. The van der Waals surface area contributed by atoms with Gasteiger partial charge in [0.15, 0.2) is 0 Å². The van der Waals surface area contributed by atoms with Crippen LogP contribution in [0.15, 0.2) is 0 Å². The zero-order chi connectivity index (χ0) is 13.8. The van der Waals surface area contributed by atoms with Gasteiger partial charge in [-0.05, 0) is 52.1 Å². The molecule has 2 N–H and O–H groups in total. The number of nitrogens with zero attached hydrogens (tertiary/aromatic N) is 2. The molecular weight excluding hydrogens is 241 g/mol. The minimum Gasteiger partial charge on any atom is -0.437 e. The first-order chi connectivity index (χ1) is 9.13. The fraction of sp³-hybridized carbons (Fsp3) is 0.923. The number of hydrogen-bond acceptors (Lipinski definition) is 4. The number of nitrogens with one attached hydrogen (secondary N) is 1. The molecule has 0 aromatic carbocycles. The number of carbonyl (C=O) groups is 1. The number of likely N-dealkylation sites (N-methyl/N-ethyl adjacent to an activating group) is 1. The van der Waals surface area contributed by atoms with E-state index in [4.69, 9.17) is 0 Å². The molecule has 0 spiro atoms. The summed E-state index contributed by atoms with van der Waals surface area (Å²) in [5, 5.41) is 12.4. The second-order valence-corrected chi connectivity index (χ2v) is 5.76. The standard InChI is InChI=1S/C13H26BN3O2/c1-14(19)16-9-6-11(7-10-16)17-8-4-3-5-12(17)13(18)15-2/h11-12,19H,3-10H2,1-2H3,(H,15,18)/t12-/m1/s1. The van der Waals surface area contributed by atoms with Gasteiger partial charge in [0.1, 0.15) is 0 Å². The average Bonchev–Trinajstić information content (AvgIpc) is 2.46. The molecule has 5 nitrogen and oxygen atoms in total. The van der Waals surface area contributed by atoms with Crippen molar-refractivity contribution in [2.45, 2.75) is 51.0 Å². The van der Waals surface area contributed by atoms with Crippen LogP contribution in [-0.2, 0) is 4.79 Å². The van der Waals surface area contributed by atoms with Crippen LogP contribution in [-0.4, -0.2) is 66.5 Å². The van der Waals surface area contributed by atoms with Crippen LogP contribution in [0.3, 0.4) is 0 Å². The Hall–Kier alpha value is -0.585. The molecule has 2 rings (SSSR count). The van der Waals surface area contributed by atoms with E-state index < -0.39 is 0 Å². The van der Waals surface area contributed by atoms with Crippen LogP contribution in [0.25, 0.3) is 0 Å². The molecule has 2 fully saturated rings. The van der Waals surface area contributed by atoms with Crippen LogP contribution in [0.2, 0.25) is 6.82 Å². The van der Waals surface area contributed by atoms with Gasteiger partial charge in [-0.25, -0.2) is 0 Å². The van der Waals surface area contributed by atoms with Gasteiger partial charge in [-0.1, -0.05) is 6.42 Å². The van der Waals surface area contributed by atoms with Gasteiger partial charge in [-0.15, -0.1) is 0 Å². The van der Waals surface area contributed by atoms with Gasteiger partial charge in [0.2, 0.25) is 5.91 Å². The van der Waals surface area contributed by atoms with Crippen LogP contribution < -0.4 is 5.32 Å². The van der Waals surface area contributed by atoms with Crippen molar-refractivity contribution in [3.05, 3.63) is 0 Å². The highest BCUT2D eigenvalue weighted by atomic mass is 16.2. The Kier molecular flexibility index (Phi) is 5.24. The topological polar surface area (TPSA) is 55.8 Å². The lowest BCUT2D eigenvalue weighted by atomic mass is 9.81. The summed E-state index contributed by atoms with van der Waals surface area (Å²) in [5.74, 6) is 0.164. The van der Waals surface area contributed by atoms with E-state index in [2.05, 4.69) is 15.0 Å². The number of hydrogen-bond donors (Lipinski definition) is 2. The molecule has 2 saturated heterocycles. The predicted octanol–water partition coefficient (Wildman–Crippen LogP) is 0.162. The van der Waals surface area contributed by atoms with E-state index in [-0.39, 0.29) is 19.0 Å². The van der Waals surface area contributed by atoms with Gasteiger partial charge in [-0.3, -0.25) is 9.69 Å².